The number of thiazole rings is 1. The third-order valence-electron chi connectivity index (χ3n) is 3.19. The number of ether oxygens (including phenoxy) is 1. The van der Waals surface area contributed by atoms with Gasteiger partial charge in [-0.05, 0) is 31.0 Å². The van der Waals surface area contributed by atoms with E-state index in [0.717, 1.165) is 34.0 Å². The number of aromatic hydroxyl groups is 1. The predicted molar refractivity (Wildman–Crippen MR) is 73.0 cm³/mol. The SMILES string of the molecule is COc1cc(-c2nc3c(s2)C(=O)CCC3)ccc1O. The molecule has 0 unspecified atom stereocenters. The number of phenolic OH excluding ortho intramolecular Hbond substituents is 1. The number of rotatable bonds is 2. The molecule has 4 nitrogen and oxygen atoms in total. The zero-order valence-electron chi connectivity index (χ0n) is 10.5. The maximum absolute atomic E-state index is 11.8. The van der Waals surface area contributed by atoms with Gasteiger partial charge in [0.1, 0.15) is 5.01 Å². The normalized spacial score (nSPS) is 14.3. The lowest BCUT2D eigenvalue weighted by atomic mass is 10.0. The van der Waals surface area contributed by atoms with Crippen LogP contribution in [0, 0.1) is 0 Å². The van der Waals surface area contributed by atoms with Crippen molar-refractivity contribution >= 4 is 17.1 Å². The first-order valence-corrected chi connectivity index (χ1v) is 6.91. The first-order valence-electron chi connectivity index (χ1n) is 6.09. The molecule has 1 aromatic heterocycles. The largest absolute Gasteiger partial charge is 0.504 e. The van der Waals surface area contributed by atoms with Crippen LogP contribution in [-0.2, 0) is 6.42 Å². The number of aromatic nitrogens is 1. The van der Waals surface area contributed by atoms with Gasteiger partial charge in [-0.1, -0.05) is 0 Å². The van der Waals surface area contributed by atoms with Gasteiger partial charge in [0.15, 0.2) is 17.3 Å². The summed E-state index contributed by atoms with van der Waals surface area (Å²) >= 11 is 1.42. The molecule has 0 saturated carbocycles. The van der Waals surface area contributed by atoms with E-state index in [-0.39, 0.29) is 11.5 Å². The summed E-state index contributed by atoms with van der Waals surface area (Å²) in [5, 5.41) is 10.4. The number of Topliss-reactive ketones (excluding diaryl/α,β-unsaturated/α-hetero) is 1. The first-order chi connectivity index (χ1) is 9.19. The summed E-state index contributed by atoms with van der Waals surface area (Å²) in [6.45, 7) is 0. The molecule has 19 heavy (non-hydrogen) atoms. The Morgan fingerprint density at radius 3 is 2.95 bits per heavy atom. The zero-order valence-corrected chi connectivity index (χ0v) is 11.3. The molecule has 0 bridgehead atoms. The van der Waals surface area contributed by atoms with Crippen molar-refractivity contribution in [3.8, 4) is 22.1 Å². The van der Waals surface area contributed by atoms with Crippen LogP contribution in [-0.4, -0.2) is 23.0 Å². The summed E-state index contributed by atoms with van der Waals surface area (Å²) in [4.78, 5) is 17.1. The Morgan fingerprint density at radius 2 is 2.21 bits per heavy atom. The number of carbonyl (C=O) groups excluding carboxylic acids is 1. The number of phenols is 1. The number of carbonyl (C=O) groups is 1. The maximum Gasteiger partial charge on any atom is 0.174 e. The van der Waals surface area contributed by atoms with Crippen LogP contribution in [0.5, 0.6) is 11.5 Å². The molecule has 0 radical (unpaired) electrons. The number of fused-ring (bicyclic) bond motifs is 1. The summed E-state index contributed by atoms with van der Waals surface area (Å²) in [5.74, 6) is 0.705. The third-order valence-corrected chi connectivity index (χ3v) is 4.38. The van der Waals surface area contributed by atoms with Crippen LogP contribution < -0.4 is 4.74 Å². The van der Waals surface area contributed by atoms with Crippen LogP contribution in [0.25, 0.3) is 10.6 Å². The average Bonchev–Trinajstić information content (AvgIpc) is 2.85. The fourth-order valence-electron chi connectivity index (χ4n) is 2.20. The van der Waals surface area contributed by atoms with E-state index in [0.29, 0.717) is 12.2 Å². The van der Waals surface area contributed by atoms with Crippen molar-refractivity contribution in [3.05, 3.63) is 28.8 Å². The van der Waals surface area contributed by atoms with E-state index in [1.54, 1.807) is 18.2 Å². The van der Waals surface area contributed by atoms with E-state index in [4.69, 9.17) is 4.74 Å². The van der Waals surface area contributed by atoms with Crippen LogP contribution in [0.1, 0.15) is 28.2 Å². The summed E-state index contributed by atoms with van der Waals surface area (Å²) in [5.41, 5.74) is 1.77. The highest BCUT2D eigenvalue weighted by Gasteiger charge is 2.22. The average molecular weight is 275 g/mol. The maximum atomic E-state index is 11.8. The van der Waals surface area contributed by atoms with Gasteiger partial charge in [-0.15, -0.1) is 11.3 Å². The molecule has 1 aromatic carbocycles. The van der Waals surface area contributed by atoms with Crippen molar-refractivity contribution in [2.45, 2.75) is 19.3 Å². The van der Waals surface area contributed by atoms with E-state index in [1.165, 1.54) is 18.4 Å². The molecule has 0 fully saturated rings. The minimum absolute atomic E-state index is 0.101. The lowest BCUT2D eigenvalue weighted by Gasteiger charge is -2.06. The van der Waals surface area contributed by atoms with Gasteiger partial charge < -0.3 is 9.84 Å². The summed E-state index contributed by atoms with van der Waals surface area (Å²) in [7, 11) is 1.51. The number of ketones is 1. The van der Waals surface area contributed by atoms with Crippen LogP contribution in [0.2, 0.25) is 0 Å². The molecule has 5 heteroatoms. The molecule has 0 atom stereocenters. The molecule has 3 rings (SSSR count). The Labute approximate surface area is 114 Å². The molecule has 98 valence electrons. The summed E-state index contributed by atoms with van der Waals surface area (Å²) in [6.07, 6.45) is 2.37. The molecule has 1 N–H and O–H groups in total. The Morgan fingerprint density at radius 1 is 1.37 bits per heavy atom. The number of methoxy groups -OCH3 is 1. The van der Waals surface area contributed by atoms with Gasteiger partial charge in [-0.2, -0.15) is 0 Å². The molecule has 2 aromatic rings. The lowest BCUT2D eigenvalue weighted by molar-refractivity contribution is 0.0976. The second-order valence-corrected chi connectivity index (χ2v) is 5.46. The zero-order chi connectivity index (χ0) is 13.4. The van der Waals surface area contributed by atoms with E-state index in [2.05, 4.69) is 4.98 Å². The van der Waals surface area contributed by atoms with Gasteiger partial charge in [-0.3, -0.25) is 4.79 Å². The molecular formula is C14H13NO3S. The highest BCUT2D eigenvalue weighted by atomic mass is 32.1. The van der Waals surface area contributed by atoms with E-state index >= 15 is 0 Å². The van der Waals surface area contributed by atoms with Crippen LogP contribution in [0.15, 0.2) is 18.2 Å². The molecular weight excluding hydrogens is 262 g/mol. The van der Waals surface area contributed by atoms with Gasteiger partial charge in [-0.25, -0.2) is 4.98 Å². The highest BCUT2D eigenvalue weighted by molar-refractivity contribution is 7.17. The van der Waals surface area contributed by atoms with Crippen LogP contribution in [0.4, 0.5) is 0 Å². The lowest BCUT2D eigenvalue weighted by Crippen LogP contribution is -2.07. The number of benzene rings is 1. The first kappa shape index (κ1) is 12.2. The van der Waals surface area contributed by atoms with Crippen molar-refractivity contribution in [3.63, 3.8) is 0 Å². The van der Waals surface area contributed by atoms with Gasteiger partial charge in [0, 0.05) is 12.0 Å². The number of hydrogen-bond donors (Lipinski definition) is 1. The molecule has 1 aliphatic carbocycles. The monoisotopic (exact) mass is 275 g/mol. The van der Waals surface area contributed by atoms with Crippen molar-refractivity contribution in [2.75, 3.05) is 7.11 Å². The number of aryl methyl sites for hydroxylation is 1. The standard InChI is InChI=1S/C14H13NO3S/c1-18-12-7-8(5-6-10(12)16)14-15-9-3-2-4-11(17)13(9)19-14/h5-7,16H,2-4H2,1H3. The van der Waals surface area contributed by atoms with Crippen molar-refractivity contribution in [2.24, 2.45) is 0 Å². The Bertz CT molecular complexity index is 648. The van der Waals surface area contributed by atoms with Gasteiger partial charge >= 0.3 is 0 Å². The van der Waals surface area contributed by atoms with E-state index in [9.17, 15) is 9.90 Å². The molecule has 0 saturated heterocycles. The highest BCUT2D eigenvalue weighted by Crippen LogP contribution is 2.36. The molecule has 1 heterocycles. The van der Waals surface area contributed by atoms with Gasteiger partial charge in [0.25, 0.3) is 0 Å². The minimum atomic E-state index is 0.101. The van der Waals surface area contributed by atoms with Crippen molar-refractivity contribution in [1.29, 1.82) is 0 Å². The summed E-state index contributed by atoms with van der Waals surface area (Å²) in [6, 6.07) is 5.10. The Kier molecular flexibility index (Phi) is 2.98. The van der Waals surface area contributed by atoms with Crippen LogP contribution in [0.3, 0.4) is 0 Å². The topological polar surface area (TPSA) is 59.4 Å². The van der Waals surface area contributed by atoms with Crippen molar-refractivity contribution < 1.29 is 14.6 Å². The Balaban J connectivity index is 2.05. The van der Waals surface area contributed by atoms with E-state index in [1.807, 2.05) is 0 Å². The molecule has 0 amide bonds. The summed E-state index contributed by atoms with van der Waals surface area (Å²) < 4.78 is 5.09. The molecule has 0 aliphatic heterocycles. The molecule has 0 spiro atoms. The number of nitrogens with zero attached hydrogens (tertiary/aromatic N) is 1. The minimum Gasteiger partial charge on any atom is -0.504 e. The molecule has 1 aliphatic rings. The van der Waals surface area contributed by atoms with Crippen molar-refractivity contribution in [1.82, 2.24) is 4.98 Å². The van der Waals surface area contributed by atoms with Crippen LogP contribution >= 0.6 is 11.3 Å². The predicted octanol–water partition coefficient (Wildman–Crippen LogP) is 3.04. The smallest absolute Gasteiger partial charge is 0.174 e. The van der Waals surface area contributed by atoms with Gasteiger partial charge in [0.05, 0.1) is 17.7 Å². The van der Waals surface area contributed by atoms with E-state index < -0.39 is 0 Å². The fourth-order valence-corrected chi connectivity index (χ4v) is 3.28. The fraction of sp³-hybridized carbons (Fsp3) is 0.286. The quantitative estimate of drug-likeness (QED) is 0.915. The second kappa shape index (κ2) is 4.66. The second-order valence-electron chi connectivity index (χ2n) is 4.46. The van der Waals surface area contributed by atoms with Gasteiger partial charge in [0.2, 0.25) is 0 Å². The third kappa shape index (κ3) is 2.10. The Hall–Kier alpha value is -1.88. The number of hydrogen-bond acceptors (Lipinski definition) is 5.